The zero-order valence-electron chi connectivity index (χ0n) is 17.3. The van der Waals surface area contributed by atoms with Crippen molar-refractivity contribution in [1.29, 1.82) is 0 Å². The number of nitrogens with zero attached hydrogens (tertiary/aromatic N) is 3. The van der Waals surface area contributed by atoms with Crippen LogP contribution in [0.1, 0.15) is 37.7 Å². The minimum atomic E-state index is -0.133. The number of thioether (sulfide) groups is 1. The molecule has 0 spiro atoms. The van der Waals surface area contributed by atoms with Crippen LogP contribution in [0.15, 0.2) is 39.5 Å². The number of hydrogen-bond donors (Lipinski definition) is 1. The first-order chi connectivity index (χ1) is 15.0. The number of rotatable bonds is 6. The maximum atomic E-state index is 12.9. The van der Waals surface area contributed by atoms with Gasteiger partial charge in [-0.05, 0) is 53.8 Å². The Balaban J connectivity index is 1.44. The first kappa shape index (κ1) is 21.7. The van der Waals surface area contributed by atoms with Crippen molar-refractivity contribution in [1.82, 2.24) is 20.2 Å². The van der Waals surface area contributed by atoms with Crippen LogP contribution in [0.2, 0.25) is 0 Å². The Hall–Kier alpha value is -2.49. The van der Waals surface area contributed by atoms with Crippen molar-refractivity contribution in [3.8, 4) is 0 Å². The lowest BCUT2D eigenvalue weighted by atomic mass is 9.94. The van der Waals surface area contributed by atoms with Gasteiger partial charge in [0.25, 0.3) is 5.91 Å². The van der Waals surface area contributed by atoms with Gasteiger partial charge in [0.2, 0.25) is 5.91 Å². The number of amides is 2. The molecule has 0 atom stereocenters. The summed E-state index contributed by atoms with van der Waals surface area (Å²) in [6.45, 7) is 3.51. The van der Waals surface area contributed by atoms with Gasteiger partial charge in [-0.15, -0.1) is 22.7 Å². The molecule has 0 saturated heterocycles. The van der Waals surface area contributed by atoms with Crippen LogP contribution in [0, 0.1) is 6.92 Å². The maximum absolute atomic E-state index is 12.9. The summed E-state index contributed by atoms with van der Waals surface area (Å²) in [5, 5.41) is 6.77. The number of carbonyl (C=O) groups excluding carboxylic acids is 2. The number of aromatic nitrogens is 2. The predicted octanol–water partition coefficient (Wildman–Crippen LogP) is 4.16. The quantitative estimate of drug-likeness (QED) is 0.433. The van der Waals surface area contributed by atoms with E-state index in [1.807, 2.05) is 53.2 Å². The van der Waals surface area contributed by atoms with Crippen molar-refractivity contribution in [2.75, 3.05) is 12.8 Å². The van der Waals surface area contributed by atoms with Gasteiger partial charge in [0.1, 0.15) is 10.0 Å². The van der Waals surface area contributed by atoms with Gasteiger partial charge in [-0.1, -0.05) is 17.8 Å². The third kappa shape index (κ3) is 5.06. The Kier molecular flexibility index (Phi) is 6.84. The number of thiophene rings is 1. The molecule has 0 aliphatic carbocycles. The zero-order valence-corrected chi connectivity index (χ0v) is 19.7. The summed E-state index contributed by atoms with van der Waals surface area (Å²) >= 11 is 4.62. The van der Waals surface area contributed by atoms with Crippen molar-refractivity contribution in [2.24, 2.45) is 0 Å². The molecule has 31 heavy (non-hydrogen) atoms. The van der Waals surface area contributed by atoms with Crippen molar-refractivity contribution in [3.63, 3.8) is 0 Å². The monoisotopic (exact) mass is 470 g/mol. The molecule has 0 radical (unpaired) electrons. The highest BCUT2D eigenvalue weighted by molar-refractivity contribution is 8.00. The molecule has 1 aliphatic heterocycles. The molecule has 160 valence electrons. The SMILES string of the molecule is CSc1nc(C(=O)N2CCc3c(cnc(C)c3CNC(=O)/C=C/c3cccs3)C2)cs1. The second-order valence-electron chi connectivity index (χ2n) is 7.07. The molecule has 4 rings (SSSR count). The van der Waals surface area contributed by atoms with Crippen molar-refractivity contribution in [3.05, 3.63) is 68.1 Å². The number of carbonyl (C=O) groups is 2. The second kappa shape index (κ2) is 9.76. The van der Waals surface area contributed by atoms with Gasteiger partial charge in [0.05, 0.1) is 0 Å². The molecule has 2 amide bonds. The summed E-state index contributed by atoms with van der Waals surface area (Å²) in [5.41, 5.74) is 4.67. The summed E-state index contributed by atoms with van der Waals surface area (Å²) in [7, 11) is 0. The van der Waals surface area contributed by atoms with E-state index < -0.39 is 0 Å². The highest BCUT2D eigenvalue weighted by atomic mass is 32.2. The lowest BCUT2D eigenvalue weighted by molar-refractivity contribution is -0.116. The number of nitrogens with one attached hydrogen (secondary N) is 1. The number of aryl methyl sites for hydroxylation is 1. The van der Waals surface area contributed by atoms with E-state index in [2.05, 4.69) is 15.3 Å². The van der Waals surface area contributed by atoms with E-state index in [-0.39, 0.29) is 11.8 Å². The molecule has 3 aromatic rings. The van der Waals surface area contributed by atoms with Gasteiger partial charge in [-0.2, -0.15) is 0 Å². The van der Waals surface area contributed by atoms with Crippen LogP contribution < -0.4 is 5.32 Å². The number of hydrogen-bond acceptors (Lipinski definition) is 7. The average Bonchev–Trinajstić information content (AvgIpc) is 3.48. The lowest BCUT2D eigenvalue weighted by Gasteiger charge is -2.30. The van der Waals surface area contributed by atoms with Gasteiger partial charge in [0.15, 0.2) is 0 Å². The summed E-state index contributed by atoms with van der Waals surface area (Å²) in [5.74, 6) is -0.178. The first-order valence-corrected chi connectivity index (χ1v) is 12.8. The summed E-state index contributed by atoms with van der Waals surface area (Å²) < 4.78 is 0.893. The lowest BCUT2D eigenvalue weighted by Crippen LogP contribution is -2.37. The first-order valence-electron chi connectivity index (χ1n) is 9.79. The molecule has 4 heterocycles. The molecule has 0 saturated carbocycles. The molecule has 9 heteroatoms. The summed E-state index contributed by atoms with van der Waals surface area (Å²) in [4.78, 5) is 36.9. The highest BCUT2D eigenvalue weighted by Crippen LogP contribution is 2.26. The maximum Gasteiger partial charge on any atom is 0.273 e. The summed E-state index contributed by atoms with van der Waals surface area (Å²) in [6.07, 6.45) is 7.91. The van der Waals surface area contributed by atoms with Gasteiger partial charge in [-0.25, -0.2) is 4.98 Å². The van der Waals surface area contributed by atoms with Gasteiger partial charge in [0, 0.05) is 47.9 Å². The molecule has 1 N–H and O–H groups in total. The molecule has 6 nitrogen and oxygen atoms in total. The van der Waals surface area contributed by atoms with Crippen molar-refractivity contribution < 1.29 is 9.59 Å². The van der Waals surface area contributed by atoms with Gasteiger partial charge >= 0.3 is 0 Å². The van der Waals surface area contributed by atoms with Crippen LogP contribution in [-0.4, -0.2) is 39.5 Å². The van der Waals surface area contributed by atoms with Crippen LogP contribution in [-0.2, 0) is 24.3 Å². The van der Waals surface area contributed by atoms with E-state index in [0.717, 1.165) is 32.5 Å². The number of pyridine rings is 1. The van der Waals surface area contributed by atoms with Gasteiger partial charge in [-0.3, -0.25) is 14.6 Å². The largest absolute Gasteiger partial charge is 0.348 e. The second-order valence-corrected chi connectivity index (χ2v) is 9.96. The molecule has 3 aromatic heterocycles. The fourth-order valence-corrected chi connectivity index (χ4v) is 5.37. The Bertz CT molecular complexity index is 1120. The molecule has 0 bridgehead atoms. The number of fused-ring (bicyclic) bond motifs is 1. The summed E-state index contributed by atoms with van der Waals surface area (Å²) in [6, 6.07) is 3.92. The van der Waals surface area contributed by atoms with Crippen molar-refractivity contribution >= 4 is 52.3 Å². The topological polar surface area (TPSA) is 75.2 Å². The van der Waals surface area contributed by atoms with E-state index in [9.17, 15) is 9.59 Å². The van der Waals surface area contributed by atoms with E-state index in [1.54, 1.807) is 29.2 Å². The Labute approximate surface area is 193 Å². The van der Waals surface area contributed by atoms with Gasteiger partial charge < -0.3 is 10.2 Å². The minimum Gasteiger partial charge on any atom is -0.348 e. The fraction of sp³-hybridized carbons (Fsp3) is 0.273. The minimum absolute atomic E-state index is 0.0451. The Morgan fingerprint density at radius 3 is 2.97 bits per heavy atom. The molecular weight excluding hydrogens is 448 g/mol. The van der Waals surface area contributed by atoms with Crippen molar-refractivity contribution in [2.45, 2.75) is 30.8 Å². The van der Waals surface area contributed by atoms with Crippen LogP contribution in [0.25, 0.3) is 6.08 Å². The molecule has 0 fully saturated rings. The van der Waals surface area contributed by atoms with E-state index in [4.69, 9.17) is 0 Å². The Morgan fingerprint density at radius 2 is 2.23 bits per heavy atom. The normalized spacial score (nSPS) is 13.4. The zero-order chi connectivity index (χ0) is 21.8. The molecule has 0 aromatic carbocycles. The predicted molar refractivity (Wildman–Crippen MR) is 127 cm³/mol. The third-order valence-corrected chi connectivity index (χ3v) is 7.84. The molecular formula is C22H22N4O2S3. The standard InChI is InChI=1S/C22H22N4O2S3/c1-14-18(11-24-20(27)6-5-16-4-3-9-30-16)17-7-8-26(12-15(17)10-23-14)21(28)19-13-31-22(25-19)29-2/h3-6,9-10,13H,7-8,11-12H2,1-2H3,(H,24,27)/b6-5+. The van der Waals surface area contributed by atoms with Crippen LogP contribution >= 0.6 is 34.4 Å². The van der Waals surface area contributed by atoms with E-state index >= 15 is 0 Å². The van der Waals surface area contributed by atoms with E-state index in [1.165, 1.54) is 16.9 Å². The molecule has 1 aliphatic rings. The average molecular weight is 471 g/mol. The van der Waals surface area contributed by atoms with Crippen LogP contribution in [0.5, 0.6) is 0 Å². The fourth-order valence-electron chi connectivity index (χ4n) is 3.52. The third-order valence-electron chi connectivity index (χ3n) is 5.14. The molecule has 0 unspecified atom stereocenters. The Morgan fingerprint density at radius 1 is 1.35 bits per heavy atom. The van der Waals surface area contributed by atoms with Crippen LogP contribution in [0.4, 0.5) is 0 Å². The smallest absolute Gasteiger partial charge is 0.273 e. The van der Waals surface area contributed by atoms with E-state index in [0.29, 0.717) is 25.3 Å². The number of thiazole rings is 1. The van der Waals surface area contributed by atoms with Crippen LogP contribution in [0.3, 0.4) is 0 Å². The highest BCUT2D eigenvalue weighted by Gasteiger charge is 2.26.